The number of oxime groups is 1. The molecule has 0 spiro atoms. The zero-order valence-electron chi connectivity index (χ0n) is 23.9. The van der Waals surface area contributed by atoms with Crippen LogP contribution in [0.2, 0.25) is 0 Å². The first-order valence-corrected chi connectivity index (χ1v) is 14.2. The molecule has 1 aromatic rings. The van der Waals surface area contributed by atoms with Crippen LogP contribution < -0.4 is 10.6 Å². The number of esters is 2. The van der Waals surface area contributed by atoms with Crippen molar-refractivity contribution in [1.29, 1.82) is 0 Å². The van der Waals surface area contributed by atoms with Gasteiger partial charge in [-0.15, -0.1) is 11.3 Å². The molecular formula is C25H33N5O9S2. The fourth-order valence-corrected chi connectivity index (χ4v) is 5.44. The Labute approximate surface area is 245 Å². The zero-order valence-corrected chi connectivity index (χ0v) is 25.6. The van der Waals surface area contributed by atoms with Gasteiger partial charge in [0, 0.05) is 11.5 Å². The van der Waals surface area contributed by atoms with E-state index in [1.165, 1.54) is 36.8 Å². The molecule has 14 nitrogen and oxygen atoms in total. The molecule has 3 rings (SSSR count). The number of nitrogens with one attached hydrogen (secondary N) is 2. The van der Waals surface area contributed by atoms with Gasteiger partial charge in [0.15, 0.2) is 5.13 Å². The van der Waals surface area contributed by atoms with Crippen molar-refractivity contribution in [3.05, 3.63) is 22.8 Å². The van der Waals surface area contributed by atoms with E-state index in [0.717, 1.165) is 11.3 Å². The maximum absolute atomic E-state index is 13.2. The number of anilines is 1. The molecule has 16 heteroatoms. The summed E-state index contributed by atoms with van der Waals surface area (Å²) in [6, 6.07) is -0.916. The molecule has 0 bridgehead atoms. The second kappa shape index (κ2) is 12.5. The summed E-state index contributed by atoms with van der Waals surface area (Å²) in [6.45, 7) is 11.0. The van der Waals surface area contributed by atoms with Crippen LogP contribution >= 0.6 is 23.1 Å². The number of carbonyl (C=O) groups excluding carboxylic acids is 5. The van der Waals surface area contributed by atoms with Crippen LogP contribution in [0.15, 0.2) is 22.3 Å². The lowest BCUT2D eigenvalue weighted by molar-refractivity contribution is -0.173. The molecule has 0 radical (unpaired) electrons. The summed E-state index contributed by atoms with van der Waals surface area (Å²) in [7, 11) is 1.34. The zero-order chi connectivity index (χ0) is 30.7. The minimum atomic E-state index is -0.916. The van der Waals surface area contributed by atoms with Crippen LogP contribution in [-0.4, -0.2) is 75.7 Å². The molecule has 1 aromatic heterocycles. The maximum atomic E-state index is 13.2. The number of alkyl carbamates (subject to hydrolysis) is 1. The second-order valence-corrected chi connectivity index (χ2v) is 13.0. The van der Waals surface area contributed by atoms with E-state index in [9.17, 15) is 24.0 Å². The van der Waals surface area contributed by atoms with E-state index in [-0.39, 0.29) is 10.8 Å². The summed E-state index contributed by atoms with van der Waals surface area (Å²) in [5.41, 5.74) is -1.22. The topological polar surface area (TPSA) is 175 Å². The van der Waals surface area contributed by atoms with Crippen molar-refractivity contribution in [1.82, 2.24) is 15.2 Å². The third kappa shape index (κ3) is 7.97. The molecule has 2 aliphatic heterocycles. The summed E-state index contributed by atoms with van der Waals surface area (Å²) in [5, 5.41) is 10.5. The van der Waals surface area contributed by atoms with E-state index in [4.69, 9.17) is 19.0 Å². The molecule has 41 heavy (non-hydrogen) atoms. The largest absolute Gasteiger partial charge is 0.444 e. The Morgan fingerprint density at radius 3 is 2.44 bits per heavy atom. The van der Waals surface area contributed by atoms with Crippen LogP contribution in [0, 0.1) is 5.41 Å². The predicted molar refractivity (Wildman–Crippen MR) is 150 cm³/mol. The number of nitrogens with zero attached hydrogens (tertiary/aromatic N) is 3. The molecule has 2 N–H and O–H groups in total. The molecule has 224 valence electrons. The summed E-state index contributed by atoms with van der Waals surface area (Å²) in [6.07, 6.45) is 0.607. The maximum Gasteiger partial charge on any atom is 0.408 e. The van der Waals surface area contributed by atoms with Crippen molar-refractivity contribution in [3.8, 4) is 0 Å². The van der Waals surface area contributed by atoms with E-state index in [1.54, 1.807) is 46.9 Å². The Bertz CT molecular complexity index is 1280. The van der Waals surface area contributed by atoms with E-state index >= 15 is 0 Å². The van der Waals surface area contributed by atoms with Crippen molar-refractivity contribution in [3.63, 3.8) is 0 Å². The Morgan fingerprint density at radius 2 is 1.83 bits per heavy atom. The van der Waals surface area contributed by atoms with Gasteiger partial charge in [0.2, 0.25) is 18.6 Å². The van der Waals surface area contributed by atoms with Gasteiger partial charge in [-0.2, -0.15) is 0 Å². The summed E-state index contributed by atoms with van der Waals surface area (Å²) < 4.78 is 15.2. The number of carbonyl (C=O) groups is 5. The quantitative estimate of drug-likeness (QED) is 0.191. The number of amides is 3. The van der Waals surface area contributed by atoms with Gasteiger partial charge in [-0.1, -0.05) is 16.9 Å². The molecule has 0 saturated carbocycles. The van der Waals surface area contributed by atoms with Crippen molar-refractivity contribution < 1.29 is 43.0 Å². The number of thiazole rings is 1. The van der Waals surface area contributed by atoms with Gasteiger partial charge in [-0.3, -0.25) is 19.3 Å². The fourth-order valence-electron chi connectivity index (χ4n) is 3.43. The summed E-state index contributed by atoms with van der Waals surface area (Å²) >= 11 is 2.28. The third-order valence-electron chi connectivity index (χ3n) is 5.38. The van der Waals surface area contributed by atoms with Gasteiger partial charge in [0.05, 0.1) is 11.1 Å². The van der Waals surface area contributed by atoms with Crippen molar-refractivity contribution in [2.75, 3.05) is 19.2 Å². The molecule has 3 heterocycles. The minimum absolute atomic E-state index is 0.0941. The third-order valence-corrected chi connectivity index (χ3v) is 7.32. The molecule has 0 aliphatic carbocycles. The monoisotopic (exact) mass is 611 g/mol. The first-order valence-electron chi connectivity index (χ1n) is 12.4. The molecule has 1 saturated heterocycles. The number of rotatable bonds is 8. The van der Waals surface area contributed by atoms with Crippen LogP contribution in [0.25, 0.3) is 0 Å². The summed E-state index contributed by atoms with van der Waals surface area (Å²) in [5.74, 6) is -3.14. The van der Waals surface area contributed by atoms with Crippen LogP contribution in [0.1, 0.15) is 60.1 Å². The predicted octanol–water partition coefficient (Wildman–Crippen LogP) is 2.93. The highest BCUT2D eigenvalue weighted by Gasteiger charge is 2.55. The number of fused-ring (bicyclic) bond motifs is 1. The Morgan fingerprint density at radius 1 is 1.15 bits per heavy atom. The lowest BCUT2D eigenvalue weighted by Crippen LogP contribution is -2.60. The first kappa shape index (κ1) is 31.9. The lowest BCUT2D eigenvalue weighted by Gasteiger charge is -2.47. The molecule has 3 amide bonds. The number of β-lactam (4-membered cyclic amide) rings is 1. The minimum Gasteiger partial charge on any atom is -0.444 e. The van der Waals surface area contributed by atoms with Crippen LogP contribution in [-0.2, 0) is 38.2 Å². The molecule has 1 unspecified atom stereocenters. The fraction of sp³-hybridized carbons (Fsp3) is 0.560. The molecule has 2 aliphatic rings. The summed E-state index contributed by atoms with van der Waals surface area (Å²) in [4.78, 5) is 73.0. The highest BCUT2D eigenvalue weighted by atomic mass is 32.2. The number of ether oxygens (including phenoxy) is 3. The highest BCUT2D eigenvalue weighted by Crippen LogP contribution is 2.48. The average molecular weight is 612 g/mol. The molecule has 1 fully saturated rings. The van der Waals surface area contributed by atoms with Crippen molar-refractivity contribution in [2.45, 2.75) is 71.4 Å². The van der Waals surface area contributed by atoms with Crippen molar-refractivity contribution in [2.24, 2.45) is 10.6 Å². The van der Waals surface area contributed by atoms with Crippen LogP contribution in [0.5, 0.6) is 0 Å². The van der Waals surface area contributed by atoms with Gasteiger partial charge < -0.3 is 29.7 Å². The number of hydrogen-bond acceptors (Lipinski definition) is 13. The average Bonchev–Trinajstić information content (AvgIpc) is 3.28. The van der Waals surface area contributed by atoms with Crippen LogP contribution in [0.4, 0.5) is 9.93 Å². The van der Waals surface area contributed by atoms with Crippen LogP contribution in [0.3, 0.4) is 0 Å². The van der Waals surface area contributed by atoms with E-state index in [0.29, 0.717) is 10.7 Å². The Kier molecular flexibility index (Phi) is 9.69. The Hall–Kier alpha value is -3.66. The van der Waals surface area contributed by atoms with Gasteiger partial charge in [-0.05, 0) is 48.5 Å². The molecule has 3 atom stereocenters. The normalized spacial score (nSPS) is 20.2. The first-order chi connectivity index (χ1) is 19.0. The van der Waals surface area contributed by atoms with E-state index in [2.05, 4.69) is 20.8 Å². The molecular weight excluding hydrogens is 578 g/mol. The lowest BCUT2D eigenvalue weighted by atomic mass is 9.94. The van der Waals surface area contributed by atoms with Gasteiger partial charge in [-0.25, -0.2) is 14.6 Å². The van der Waals surface area contributed by atoms with Gasteiger partial charge in [0.1, 0.15) is 40.8 Å². The van der Waals surface area contributed by atoms with Gasteiger partial charge >= 0.3 is 18.0 Å². The second-order valence-electron chi connectivity index (χ2n) is 11.0. The number of hydrogen-bond donors (Lipinski definition) is 2. The number of aromatic nitrogens is 1. The highest BCUT2D eigenvalue weighted by molar-refractivity contribution is 8.15. The van der Waals surface area contributed by atoms with Crippen molar-refractivity contribution >= 4 is 63.1 Å². The molecule has 0 aromatic carbocycles. The number of thioether (sulfide) groups is 1. The standard InChI is InChI=1S/C25H33N5O9S2/c1-12(26-23(35)39-25(5,6)7)17(31)28-22-27-13(10-40-22)16-18(32)30-14(9-15(29-36-8)41-19(16)30)20(33)37-11-38-21(34)24(2,3)4/h9-10,12,16,19H,11H2,1-8H3,(H,26,35)(H,27,28,31)/b29-15-/t12-,16?,19+/m0/s1. The van der Waals surface area contributed by atoms with E-state index in [1.807, 2.05) is 0 Å². The van der Waals surface area contributed by atoms with E-state index < -0.39 is 65.0 Å². The van der Waals surface area contributed by atoms with Gasteiger partial charge in [0.25, 0.3) is 0 Å². The smallest absolute Gasteiger partial charge is 0.408 e. The Balaban J connectivity index is 1.67. The SMILES string of the molecule is CO/N=C1/C=C(C(=O)OCOC(=O)C(C)(C)C)N2C(=O)C(c3csc(NC(=O)[C@H](C)NC(=O)OC(C)(C)C)n3)[C@H]2S1.